The standard InChI is InChI=1S/C15H26N6O/c1-9(2)11-5-7-22-12-13(18-11)19-15(16)20-14(12)21-6-4-10(8-21)17-3/h9-11,17H,4-8H2,1-3H3,(H3,16,18,19,20)/t10-,11-/m1/s1. The number of hydrogen-bond acceptors (Lipinski definition) is 7. The largest absolute Gasteiger partial charge is 0.486 e. The summed E-state index contributed by atoms with van der Waals surface area (Å²) in [5.74, 6) is 3.09. The summed E-state index contributed by atoms with van der Waals surface area (Å²) in [6.45, 7) is 6.94. The normalized spacial score (nSPS) is 24.6. The van der Waals surface area contributed by atoms with Gasteiger partial charge in [-0.3, -0.25) is 0 Å². The lowest BCUT2D eigenvalue weighted by Gasteiger charge is -2.22. The molecule has 0 aliphatic carbocycles. The average Bonchev–Trinajstić information content (AvgIpc) is 2.86. The molecule has 0 spiro atoms. The Morgan fingerprint density at radius 2 is 2.18 bits per heavy atom. The number of hydrogen-bond donors (Lipinski definition) is 3. The second-order valence-electron chi connectivity index (χ2n) is 6.44. The van der Waals surface area contributed by atoms with Crippen LogP contribution in [0.5, 0.6) is 5.75 Å². The van der Waals surface area contributed by atoms with Crippen LogP contribution >= 0.6 is 0 Å². The van der Waals surface area contributed by atoms with E-state index in [1.807, 2.05) is 7.05 Å². The molecule has 0 radical (unpaired) electrons. The van der Waals surface area contributed by atoms with Crippen molar-refractivity contribution in [3.63, 3.8) is 0 Å². The molecule has 3 heterocycles. The van der Waals surface area contributed by atoms with E-state index in [0.717, 1.165) is 43.3 Å². The van der Waals surface area contributed by atoms with E-state index in [1.165, 1.54) is 0 Å². The van der Waals surface area contributed by atoms with E-state index in [0.29, 0.717) is 30.6 Å². The number of ether oxygens (including phenoxy) is 1. The van der Waals surface area contributed by atoms with Gasteiger partial charge in [-0.2, -0.15) is 9.97 Å². The summed E-state index contributed by atoms with van der Waals surface area (Å²) >= 11 is 0. The van der Waals surface area contributed by atoms with Gasteiger partial charge in [0.15, 0.2) is 11.6 Å². The highest BCUT2D eigenvalue weighted by Crippen LogP contribution is 2.38. The first-order chi connectivity index (χ1) is 10.6. The van der Waals surface area contributed by atoms with Crippen molar-refractivity contribution >= 4 is 17.6 Å². The fraction of sp³-hybridized carbons (Fsp3) is 0.733. The van der Waals surface area contributed by atoms with Gasteiger partial charge in [-0.15, -0.1) is 0 Å². The summed E-state index contributed by atoms with van der Waals surface area (Å²) in [6, 6.07) is 0.820. The molecule has 7 nitrogen and oxygen atoms in total. The van der Waals surface area contributed by atoms with Gasteiger partial charge in [0.05, 0.1) is 6.61 Å². The summed E-state index contributed by atoms with van der Waals surface area (Å²) in [6.07, 6.45) is 2.05. The zero-order valence-corrected chi connectivity index (χ0v) is 13.6. The third kappa shape index (κ3) is 2.90. The Morgan fingerprint density at radius 3 is 2.86 bits per heavy atom. The molecule has 3 rings (SSSR count). The highest BCUT2D eigenvalue weighted by atomic mass is 16.5. The van der Waals surface area contributed by atoms with Crippen molar-refractivity contribution in [1.82, 2.24) is 15.3 Å². The molecule has 2 aliphatic rings. The molecule has 0 unspecified atom stereocenters. The first kappa shape index (κ1) is 15.1. The van der Waals surface area contributed by atoms with Crippen molar-refractivity contribution in [2.45, 2.75) is 38.8 Å². The molecular formula is C15H26N6O. The van der Waals surface area contributed by atoms with Crippen molar-refractivity contribution < 1.29 is 4.74 Å². The van der Waals surface area contributed by atoms with Crippen molar-refractivity contribution in [2.75, 3.05) is 42.7 Å². The summed E-state index contributed by atoms with van der Waals surface area (Å²) < 4.78 is 5.99. The molecule has 2 aliphatic heterocycles. The smallest absolute Gasteiger partial charge is 0.224 e. The fourth-order valence-electron chi connectivity index (χ4n) is 3.12. The number of nitrogens with one attached hydrogen (secondary N) is 2. The molecule has 1 fully saturated rings. The summed E-state index contributed by atoms with van der Waals surface area (Å²) in [4.78, 5) is 11.0. The minimum Gasteiger partial charge on any atom is -0.486 e. The lowest BCUT2D eigenvalue weighted by molar-refractivity contribution is 0.300. The summed E-state index contributed by atoms with van der Waals surface area (Å²) in [5.41, 5.74) is 5.93. The Kier molecular flexibility index (Phi) is 4.24. The summed E-state index contributed by atoms with van der Waals surface area (Å²) in [7, 11) is 1.99. The molecule has 0 saturated carbocycles. The number of nitrogens with zero attached hydrogens (tertiary/aromatic N) is 3. The SMILES string of the molecule is CN[C@@H]1CCN(c2nc(N)nc3c2OCC[C@H](C(C)C)N3)C1. The number of likely N-dealkylation sites (N-methyl/N-ethyl adjacent to an activating group) is 1. The predicted molar refractivity (Wildman–Crippen MR) is 88.5 cm³/mol. The molecule has 7 heteroatoms. The van der Waals surface area contributed by atoms with Crippen LogP contribution in [0.4, 0.5) is 17.6 Å². The minimum absolute atomic E-state index is 0.294. The quantitative estimate of drug-likeness (QED) is 0.770. The molecule has 0 amide bonds. The van der Waals surface area contributed by atoms with Crippen LogP contribution in [0.25, 0.3) is 0 Å². The van der Waals surface area contributed by atoms with Crippen LogP contribution in [-0.4, -0.2) is 48.8 Å². The van der Waals surface area contributed by atoms with E-state index in [1.54, 1.807) is 0 Å². The minimum atomic E-state index is 0.294. The van der Waals surface area contributed by atoms with Gasteiger partial charge in [0.1, 0.15) is 0 Å². The topological polar surface area (TPSA) is 88.3 Å². The maximum absolute atomic E-state index is 5.99. The molecule has 122 valence electrons. The van der Waals surface area contributed by atoms with Crippen molar-refractivity contribution in [2.24, 2.45) is 5.92 Å². The third-order valence-corrected chi connectivity index (χ3v) is 4.56. The van der Waals surface area contributed by atoms with Crippen molar-refractivity contribution in [3.05, 3.63) is 0 Å². The van der Waals surface area contributed by atoms with Crippen molar-refractivity contribution in [3.8, 4) is 5.75 Å². The second-order valence-corrected chi connectivity index (χ2v) is 6.44. The van der Waals surface area contributed by atoms with Gasteiger partial charge in [-0.1, -0.05) is 13.8 Å². The third-order valence-electron chi connectivity index (χ3n) is 4.56. The van der Waals surface area contributed by atoms with Gasteiger partial charge in [-0.05, 0) is 19.4 Å². The summed E-state index contributed by atoms with van der Waals surface area (Å²) in [5, 5.41) is 6.81. The fourth-order valence-corrected chi connectivity index (χ4v) is 3.12. The van der Waals surface area contributed by atoms with Crippen molar-refractivity contribution in [1.29, 1.82) is 0 Å². The first-order valence-electron chi connectivity index (χ1n) is 8.07. The van der Waals surface area contributed by atoms with Gasteiger partial charge in [0.2, 0.25) is 11.7 Å². The highest BCUT2D eigenvalue weighted by Gasteiger charge is 2.29. The van der Waals surface area contributed by atoms with E-state index < -0.39 is 0 Å². The molecule has 2 atom stereocenters. The van der Waals surface area contributed by atoms with Crippen LogP contribution in [0.1, 0.15) is 26.7 Å². The molecule has 0 bridgehead atoms. The van der Waals surface area contributed by atoms with Crippen LogP contribution in [0.15, 0.2) is 0 Å². The van der Waals surface area contributed by atoms with Crippen LogP contribution < -0.4 is 26.0 Å². The lowest BCUT2D eigenvalue weighted by Crippen LogP contribution is -2.30. The van der Waals surface area contributed by atoms with Gasteiger partial charge in [0.25, 0.3) is 0 Å². The number of aromatic nitrogens is 2. The van der Waals surface area contributed by atoms with E-state index in [4.69, 9.17) is 10.5 Å². The number of anilines is 3. The van der Waals surface area contributed by atoms with Crippen LogP contribution in [0, 0.1) is 5.92 Å². The monoisotopic (exact) mass is 306 g/mol. The highest BCUT2D eigenvalue weighted by molar-refractivity contribution is 5.68. The van der Waals surface area contributed by atoms with Gasteiger partial charge in [-0.25, -0.2) is 0 Å². The average molecular weight is 306 g/mol. The molecule has 1 aromatic rings. The van der Waals surface area contributed by atoms with Gasteiger partial charge < -0.3 is 26.0 Å². The second kappa shape index (κ2) is 6.16. The molecule has 4 N–H and O–H groups in total. The Hall–Kier alpha value is -1.76. The van der Waals surface area contributed by atoms with Crippen LogP contribution in [0.2, 0.25) is 0 Å². The number of nitrogens with two attached hydrogens (primary N) is 1. The lowest BCUT2D eigenvalue weighted by atomic mass is 10.0. The molecule has 22 heavy (non-hydrogen) atoms. The van der Waals surface area contributed by atoms with Gasteiger partial charge in [0, 0.05) is 31.6 Å². The Morgan fingerprint density at radius 1 is 1.36 bits per heavy atom. The van der Waals surface area contributed by atoms with E-state index in [-0.39, 0.29) is 0 Å². The first-order valence-corrected chi connectivity index (χ1v) is 8.07. The molecule has 1 aromatic heterocycles. The Balaban J connectivity index is 1.92. The number of rotatable bonds is 3. The van der Waals surface area contributed by atoms with E-state index in [2.05, 4.69) is 39.3 Å². The maximum Gasteiger partial charge on any atom is 0.224 e. The zero-order chi connectivity index (χ0) is 15.7. The predicted octanol–water partition coefficient (Wildman–Crippen LogP) is 1.08. The maximum atomic E-state index is 5.99. The molecular weight excluding hydrogens is 280 g/mol. The molecule has 1 saturated heterocycles. The van der Waals surface area contributed by atoms with E-state index in [9.17, 15) is 0 Å². The Bertz CT molecular complexity index is 535. The number of fused-ring (bicyclic) bond motifs is 1. The van der Waals surface area contributed by atoms with Crippen LogP contribution in [0.3, 0.4) is 0 Å². The Labute approximate surface area is 131 Å². The number of nitrogen functional groups attached to an aromatic ring is 1. The molecule has 0 aromatic carbocycles. The zero-order valence-electron chi connectivity index (χ0n) is 13.6. The van der Waals surface area contributed by atoms with Crippen LogP contribution in [-0.2, 0) is 0 Å². The van der Waals surface area contributed by atoms with E-state index >= 15 is 0 Å². The van der Waals surface area contributed by atoms with Gasteiger partial charge >= 0.3 is 0 Å².